The van der Waals surface area contributed by atoms with Crippen LogP contribution in [0, 0.1) is 0 Å². The van der Waals surface area contributed by atoms with Crippen LogP contribution in [-0.2, 0) is 4.74 Å². The molecule has 2 heterocycles. The first-order valence-electron chi connectivity index (χ1n) is 4.16. The first-order valence-corrected chi connectivity index (χ1v) is 4.92. The lowest BCUT2D eigenvalue weighted by Gasteiger charge is -2.22. The van der Waals surface area contributed by atoms with Gasteiger partial charge in [0, 0.05) is 6.61 Å². The first kappa shape index (κ1) is 9.24. The van der Waals surface area contributed by atoms with Crippen LogP contribution in [0.2, 0.25) is 10.6 Å². The highest BCUT2D eigenvalue weighted by Gasteiger charge is 2.20. The Balaban J connectivity index is 2.18. The molecule has 1 atom stereocenters. The molecule has 4 nitrogen and oxygen atoms in total. The number of ether oxygens (including phenoxy) is 1. The zero-order chi connectivity index (χ0) is 9.26. The molecule has 2 rings (SSSR count). The summed E-state index contributed by atoms with van der Waals surface area (Å²) >= 11 is 11.4. The van der Waals surface area contributed by atoms with E-state index in [2.05, 4.69) is 10.1 Å². The van der Waals surface area contributed by atoms with E-state index in [1.807, 2.05) is 0 Å². The van der Waals surface area contributed by atoms with Gasteiger partial charge in [0.05, 0.1) is 0 Å². The summed E-state index contributed by atoms with van der Waals surface area (Å²) in [7, 11) is 0. The van der Waals surface area contributed by atoms with Crippen molar-refractivity contribution in [3.8, 4) is 0 Å². The Morgan fingerprint density at radius 1 is 1.38 bits per heavy atom. The van der Waals surface area contributed by atoms with Gasteiger partial charge >= 0.3 is 0 Å². The molecule has 0 spiro atoms. The standard InChI is InChI=1S/C7H9Cl2N3O/c8-6-10-7(9)12(11-6)5-3-1-2-4-13-5/h5H,1-4H2. The van der Waals surface area contributed by atoms with Crippen molar-refractivity contribution in [2.24, 2.45) is 0 Å². The lowest BCUT2D eigenvalue weighted by Crippen LogP contribution is -2.19. The van der Waals surface area contributed by atoms with Crippen molar-refractivity contribution in [1.29, 1.82) is 0 Å². The smallest absolute Gasteiger partial charge is 0.243 e. The molecule has 0 aromatic carbocycles. The molecule has 0 saturated carbocycles. The average molecular weight is 222 g/mol. The normalized spacial score (nSPS) is 23.4. The fraction of sp³-hybridized carbons (Fsp3) is 0.714. The molecule has 0 bridgehead atoms. The van der Waals surface area contributed by atoms with Crippen molar-refractivity contribution in [1.82, 2.24) is 14.8 Å². The van der Waals surface area contributed by atoms with E-state index in [0.717, 1.165) is 25.9 Å². The van der Waals surface area contributed by atoms with Crippen LogP contribution in [0.25, 0.3) is 0 Å². The fourth-order valence-corrected chi connectivity index (χ4v) is 1.81. The van der Waals surface area contributed by atoms with Crippen molar-refractivity contribution in [3.05, 3.63) is 10.6 Å². The van der Waals surface area contributed by atoms with E-state index in [0.29, 0.717) is 0 Å². The molecule has 72 valence electrons. The molecule has 0 radical (unpaired) electrons. The highest BCUT2D eigenvalue weighted by atomic mass is 35.5. The van der Waals surface area contributed by atoms with Gasteiger partial charge in [0.15, 0.2) is 6.23 Å². The largest absolute Gasteiger partial charge is 0.356 e. The summed E-state index contributed by atoms with van der Waals surface area (Å²) in [5.41, 5.74) is 0. The molecule has 0 aliphatic carbocycles. The number of aromatic nitrogens is 3. The van der Waals surface area contributed by atoms with Crippen molar-refractivity contribution in [2.45, 2.75) is 25.5 Å². The van der Waals surface area contributed by atoms with Gasteiger partial charge in [-0.15, -0.1) is 5.10 Å². The predicted octanol–water partition coefficient (Wildman–Crippen LogP) is 2.28. The van der Waals surface area contributed by atoms with Gasteiger partial charge in [0.1, 0.15) is 0 Å². The summed E-state index contributed by atoms with van der Waals surface area (Å²) < 4.78 is 7.01. The minimum atomic E-state index is -0.0961. The summed E-state index contributed by atoms with van der Waals surface area (Å²) in [6.07, 6.45) is 3.04. The van der Waals surface area contributed by atoms with Gasteiger partial charge in [-0.1, -0.05) is 0 Å². The molecule has 6 heteroatoms. The minimum absolute atomic E-state index is 0.0961. The summed E-state index contributed by atoms with van der Waals surface area (Å²) in [6.45, 7) is 0.748. The van der Waals surface area contributed by atoms with E-state index in [1.165, 1.54) is 4.68 Å². The number of rotatable bonds is 1. The van der Waals surface area contributed by atoms with E-state index in [1.54, 1.807) is 0 Å². The van der Waals surface area contributed by atoms with E-state index in [9.17, 15) is 0 Å². The molecule has 1 aromatic rings. The topological polar surface area (TPSA) is 39.9 Å². The van der Waals surface area contributed by atoms with Crippen molar-refractivity contribution in [2.75, 3.05) is 6.61 Å². The SMILES string of the molecule is Clc1nc(Cl)n(C2CCCCO2)n1. The predicted molar refractivity (Wildman–Crippen MR) is 48.9 cm³/mol. The number of nitrogens with zero attached hydrogens (tertiary/aromatic N) is 3. The molecular formula is C7H9Cl2N3O. The van der Waals surface area contributed by atoms with Crippen LogP contribution >= 0.6 is 23.2 Å². The third-order valence-corrected chi connectivity index (χ3v) is 2.41. The van der Waals surface area contributed by atoms with Crippen LogP contribution in [0.5, 0.6) is 0 Å². The van der Waals surface area contributed by atoms with Crippen LogP contribution in [0.15, 0.2) is 0 Å². The molecule has 1 aliphatic rings. The fourth-order valence-electron chi connectivity index (χ4n) is 1.38. The van der Waals surface area contributed by atoms with E-state index in [4.69, 9.17) is 27.9 Å². The summed E-state index contributed by atoms with van der Waals surface area (Å²) in [4.78, 5) is 3.79. The van der Waals surface area contributed by atoms with Gasteiger partial charge in [-0.3, -0.25) is 0 Å². The average Bonchev–Trinajstić information content (AvgIpc) is 2.47. The molecule has 1 unspecified atom stereocenters. The Kier molecular flexibility index (Phi) is 2.71. The lowest BCUT2D eigenvalue weighted by molar-refractivity contribution is -0.0394. The zero-order valence-electron chi connectivity index (χ0n) is 6.91. The van der Waals surface area contributed by atoms with Gasteiger partial charge < -0.3 is 4.74 Å². The highest BCUT2D eigenvalue weighted by Crippen LogP contribution is 2.25. The summed E-state index contributed by atoms with van der Waals surface area (Å²) in [5, 5.41) is 4.40. The Hall–Kier alpha value is -0.320. The maximum absolute atomic E-state index is 5.80. The molecule has 1 aromatic heterocycles. The molecular weight excluding hydrogens is 213 g/mol. The molecule has 1 aliphatic heterocycles. The van der Waals surface area contributed by atoms with Crippen molar-refractivity contribution < 1.29 is 4.74 Å². The molecule has 0 N–H and O–H groups in total. The van der Waals surface area contributed by atoms with E-state index < -0.39 is 0 Å². The molecule has 13 heavy (non-hydrogen) atoms. The van der Waals surface area contributed by atoms with Gasteiger partial charge in [-0.2, -0.15) is 4.98 Å². The molecule has 1 saturated heterocycles. The molecule has 0 amide bonds. The maximum Gasteiger partial charge on any atom is 0.243 e. The Morgan fingerprint density at radius 3 is 2.77 bits per heavy atom. The minimum Gasteiger partial charge on any atom is -0.356 e. The van der Waals surface area contributed by atoms with Crippen LogP contribution in [-0.4, -0.2) is 21.4 Å². The van der Waals surface area contributed by atoms with Crippen LogP contribution in [0.1, 0.15) is 25.5 Å². The molecule has 1 fully saturated rings. The van der Waals surface area contributed by atoms with Crippen molar-refractivity contribution >= 4 is 23.2 Å². The van der Waals surface area contributed by atoms with Gasteiger partial charge in [0.2, 0.25) is 10.6 Å². The Morgan fingerprint density at radius 2 is 2.23 bits per heavy atom. The van der Waals surface area contributed by atoms with Crippen LogP contribution in [0.4, 0.5) is 0 Å². The quantitative estimate of drug-likeness (QED) is 0.731. The second-order valence-electron chi connectivity index (χ2n) is 2.92. The van der Waals surface area contributed by atoms with Gasteiger partial charge in [0.25, 0.3) is 0 Å². The third-order valence-electron chi connectivity index (χ3n) is 1.99. The second-order valence-corrected chi connectivity index (χ2v) is 3.59. The number of hydrogen-bond donors (Lipinski definition) is 0. The number of halogens is 2. The third kappa shape index (κ3) is 1.95. The van der Waals surface area contributed by atoms with Gasteiger partial charge in [-0.05, 0) is 42.5 Å². The van der Waals surface area contributed by atoms with Crippen LogP contribution < -0.4 is 0 Å². The second kappa shape index (κ2) is 3.82. The zero-order valence-corrected chi connectivity index (χ0v) is 8.42. The number of hydrogen-bond acceptors (Lipinski definition) is 3. The monoisotopic (exact) mass is 221 g/mol. The van der Waals surface area contributed by atoms with Crippen LogP contribution in [0.3, 0.4) is 0 Å². The lowest BCUT2D eigenvalue weighted by atomic mass is 10.2. The first-order chi connectivity index (χ1) is 6.27. The van der Waals surface area contributed by atoms with E-state index >= 15 is 0 Å². The maximum atomic E-state index is 5.80. The van der Waals surface area contributed by atoms with Crippen molar-refractivity contribution in [3.63, 3.8) is 0 Å². The summed E-state index contributed by atoms with van der Waals surface area (Å²) in [6, 6.07) is 0. The van der Waals surface area contributed by atoms with E-state index in [-0.39, 0.29) is 16.8 Å². The summed E-state index contributed by atoms with van der Waals surface area (Å²) in [5.74, 6) is 0. The highest BCUT2D eigenvalue weighted by molar-refractivity contribution is 6.31. The van der Waals surface area contributed by atoms with Gasteiger partial charge in [-0.25, -0.2) is 4.68 Å². The Labute approximate surface area is 85.8 Å². The Bertz CT molecular complexity index is 296.